The highest BCUT2D eigenvalue weighted by Crippen LogP contribution is 1.93. The molecular weight excluding hydrogens is 238 g/mol. The Morgan fingerprint density at radius 1 is 1.38 bits per heavy atom. The highest BCUT2D eigenvalue weighted by atomic mass is 32.2. The Bertz CT molecular complexity index is 336. The van der Waals surface area contributed by atoms with E-state index in [0.29, 0.717) is 0 Å². The van der Waals surface area contributed by atoms with Gasteiger partial charge < -0.3 is 9.84 Å². The van der Waals surface area contributed by atoms with Crippen LogP contribution in [-0.4, -0.2) is 44.4 Å². The molecule has 16 heavy (non-hydrogen) atoms. The summed E-state index contributed by atoms with van der Waals surface area (Å²) in [7, 11) is -3.79. The fourth-order valence-electron chi connectivity index (χ4n) is 0.907. The number of sulfonamides is 1. The summed E-state index contributed by atoms with van der Waals surface area (Å²) in [6.45, 7) is 1.98. The Hall–Kier alpha value is -1.15. The average Bonchev–Trinajstić information content (AvgIpc) is 2.11. The first-order valence-electron chi connectivity index (χ1n) is 4.72. The third kappa shape index (κ3) is 8.18. The number of carboxylic acid groups (broad SMARTS) is 1. The van der Waals surface area contributed by atoms with Crippen molar-refractivity contribution in [2.75, 3.05) is 18.9 Å². The summed E-state index contributed by atoms with van der Waals surface area (Å²) >= 11 is 0. The molecule has 0 fully saturated rings. The molecule has 0 bridgehead atoms. The van der Waals surface area contributed by atoms with Crippen molar-refractivity contribution in [1.82, 2.24) is 4.72 Å². The number of hydrogen-bond donors (Lipinski definition) is 2. The van der Waals surface area contributed by atoms with E-state index in [9.17, 15) is 18.0 Å². The Balaban J connectivity index is 3.74. The van der Waals surface area contributed by atoms with Gasteiger partial charge in [0.15, 0.2) is 5.75 Å². The van der Waals surface area contributed by atoms with E-state index in [2.05, 4.69) is 9.46 Å². The molecule has 8 heteroatoms. The SMILES string of the molecule is CCOC(=O)CCCNS(=O)(=O)CC(=O)O. The number of aliphatic carboxylic acids is 1. The van der Waals surface area contributed by atoms with Crippen LogP contribution in [0.4, 0.5) is 0 Å². The van der Waals surface area contributed by atoms with Gasteiger partial charge in [0.25, 0.3) is 0 Å². The number of esters is 1. The van der Waals surface area contributed by atoms with Gasteiger partial charge in [0, 0.05) is 13.0 Å². The first-order valence-corrected chi connectivity index (χ1v) is 6.37. The molecule has 0 aromatic rings. The van der Waals surface area contributed by atoms with Crippen molar-refractivity contribution in [3.05, 3.63) is 0 Å². The molecule has 0 saturated carbocycles. The summed E-state index contributed by atoms with van der Waals surface area (Å²) < 4.78 is 28.7. The van der Waals surface area contributed by atoms with Crippen LogP contribution in [0, 0.1) is 0 Å². The molecule has 0 aliphatic heterocycles. The Labute approximate surface area is 93.8 Å². The van der Waals surface area contributed by atoms with Crippen LogP contribution in [0.2, 0.25) is 0 Å². The summed E-state index contributed by atoms with van der Waals surface area (Å²) in [6, 6.07) is 0. The molecule has 0 unspecified atom stereocenters. The molecule has 0 aromatic carbocycles. The summed E-state index contributed by atoms with van der Waals surface area (Å²) in [5.41, 5.74) is 0. The molecule has 0 aliphatic rings. The zero-order valence-electron chi connectivity index (χ0n) is 8.93. The van der Waals surface area contributed by atoms with E-state index < -0.39 is 27.7 Å². The number of carboxylic acids is 1. The van der Waals surface area contributed by atoms with Gasteiger partial charge in [-0.3, -0.25) is 9.59 Å². The van der Waals surface area contributed by atoms with Crippen LogP contribution < -0.4 is 4.72 Å². The smallest absolute Gasteiger partial charge is 0.320 e. The predicted molar refractivity (Wildman–Crippen MR) is 55.3 cm³/mol. The Morgan fingerprint density at radius 3 is 2.50 bits per heavy atom. The molecule has 0 radical (unpaired) electrons. The highest BCUT2D eigenvalue weighted by molar-refractivity contribution is 7.90. The van der Waals surface area contributed by atoms with Gasteiger partial charge in [-0.2, -0.15) is 0 Å². The fourth-order valence-corrected chi connectivity index (χ4v) is 1.79. The molecule has 0 spiro atoms. The van der Waals surface area contributed by atoms with Crippen LogP contribution in [0.15, 0.2) is 0 Å². The second-order valence-electron chi connectivity index (χ2n) is 2.96. The number of nitrogens with one attached hydrogen (secondary N) is 1. The Kier molecular flexibility index (Phi) is 6.66. The van der Waals surface area contributed by atoms with Gasteiger partial charge in [0.1, 0.15) is 0 Å². The van der Waals surface area contributed by atoms with Crippen LogP contribution in [0.25, 0.3) is 0 Å². The largest absolute Gasteiger partial charge is 0.480 e. The van der Waals surface area contributed by atoms with E-state index in [0.717, 1.165) is 0 Å². The van der Waals surface area contributed by atoms with Gasteiger partial charge in [-0.1, -0.05) is 0 Å². The maximum absolute atomic E-state index is 11.0. The fraction of sp³-hybridized carbons (Fsp3) is 0.750. The van der Waals surface area contributed by atoms with E-state index in [-0.39, 0.29) is 26.0 Å². The van der Waals surface area contributed by atoms with Gasteiger partial charge >= 0.3 is 11.9 Å². The maximum Gasteiger partial charge on any atom is 0.320 e. The summed E-state index contributed by atoms with van der Waals surface area (Å²) in [5, 5.41) is 8.27. The first kappa shape index (κ1) is 14.8. The van der Waals surface area contributed by atoms with Crippen molar-refractivity contribution >= 4 is 22.0 Å². The van der Waals surface area contributed by atoms with E-state index in [1.165, 1.54) is 0 Å². The number of hydrogen-bond acceptors (Lipinski definition) is 5. The highest BCUT2D eigenvalue weighted by Gasteiger charge is 2.14. The van der Waals surface area contributed by atoms with Crippen LogP contribution in [0.3, 0.4) is 0 Å². The lowest BCUT2D eigenvalue weighted by Crippen LogP contribution is -2.31. The minimum Gasteiger partial charge on any atom is -0.480 e. The van der Waals surface area contributed by atoms with Crippen LogP contribution in [0.1, 0.15) is 19.8 Å². The van der Waals surface area contributed by atoms with Gasteiger partial charge in [0.2, 0.25) is 10.0 Å². The van der Waals surface area contributed by atoms with E-state index in [4.69, 9.17) is 5.11 Å². The molecule has 0 saturated heterocycles. The van der Waals surface area contributed by atoms with Crippen molar-refractivity contribution in [2.45, 2.75) is 19.8 Å². The van der Waals surface area contributed by atoms with Crippen molar-refractivity contribution in [3.63, 3.8) is 0 Å². The van der Waals surface area contributed by atoms with E-state index >= 15 is 0 Å². The topological polar surface area (TPSA) is 110 Å². The minimum atomic E-state index is -3.79. The van der Waals surface area contributed by atoms with Gasteiger partial charge in [0.05, 0.1) is 6.61 Å². The summed E-state index contributed by atoms with van der Waals surface area (Å²) in [6.07, 6.45) is 0.376. The lowest BCUT2D eigenvalue weighted by atomic mass is 10.3. The molecule has 0 aromatic heterocycles. The summed E-state index contributed by atoms with van der Waals surface area (Å²) in [5.74, 6) is -2.79. The van der Waals surface area contributed by atoms with E-state index in [1.54, 1.807) is 6.92 Å². The first-order chi connectivity index (χ1) is 7.37. The second kappa shape index (κ2) is 7.18. The predicted octanol–water partition coefficient (Wildman–Crippen LogP) is -0.666. The van der Waals surface area contributed by atoms with Crippen LogP contribution in [-0.2, 0) is 24.3 Å². The van der Waals surface area contributed by atoms with Crippen molar-refractivity contribution < 1.29 is 27.9 Å². The lowest BCUT2D eigenvalue weighted by Gasteiger charge is -2.04. The lowest BCUT2D eigenvalue weighted by molar-refractivity contribution is -0.143. The van der Waals surface area contributed by atoms with Gasteiger partial charge in [-0.15, -0.1) is 0 Å². The zero-order chi connectivity index (χ0) is 12.6. The standard InChI is InChI=1S/C8H15NO6S/c1-2-15-8(12)4-3-5-9-16(13,14)6-7(10)11/h9H,2-6H2,1H3,(H,10,11). The number of rotatable bonds is 8. The number of carbonyl (C=O) groups is 2. The van der Waals surface area contributed by atoms with Crippen molar-refractivity contribution in [2.24, 2.45) is 0 Å². The third-order valence-electron chi connectivity index (χ3n) is 1.50. The molecule has 7 nitrogen and oxygen atoms in total. The van der Waals surface area contributed by atoms with Crippen LogP contribution >= 0.6 is 0 Å². The minimum absolute atomic E-state index is 0.0222. The van der Waals surface area contributed by atoms with Crippen molar-refractivity contribution in [3.8, 4) is 0 Å². The summed E-state index contributed by atoms with van der Waals surface area (Å²) in [4.78, 5) is 21.0. The number of ether oxygens (including phenoxy) is 1. The van der Waals surface area contributed by atoms with E-state index in [1.807, 2.05) is 0 Å². The molecule has 0 aliphatic carbocycles. The quantitative estimate of drug-likeness (QED) is 0.438. The number of carbonyl (C=O) groups excluding carboxylic acids is 1. The molecule has 0 atom stereocenters. The molecule has 0 heterocycles. The zero-order valence-corrected chi connectivity index (χ0v) is 9.75. The average molecular weight is 253 g/mol. The monoisotopic (exact) mass is 253 g/mol. The third-order valence-corrected chi connectivity index (χ3v) is 2.77. The molecular formula is C8H15NO6S. The Morgan fingerprint density at radius 2 is 2.00 bits per heavy atom. The normalized spacial score (nSPS) is 11.1. The van der Waals surface area contributed by atoms with Gasteiger partial charge in [-0.05, 0) is 13.3 Å². The van der Waals surface area contributed by atoms with Crippen LogP contribution in [0.5, 0.6) is 0 Å². The van der Waals surface area contributed by atoms with Gasteiger partial charge in [-0.25, -0.2) is 13.1 Å². The molecule has 0 rings (SSSR count). The molecule has 94 valence electrons. The van der Waals surface area contributed by atoms with Crippen molar-refractivity contribution in [1.29, 1.82) is 0 Å². The molecule has 2 N–H and O–H groups in total. The second-order valence-corrected chi connectivity index (χ2v) is 4.76. The maximum atomic E-state index is 11.0. The molecule has 0 amide bonds.